The van der Waals surface area contributed by atoms with E-state index in [0.717, 1.165) is 56.9 Å². The number of carbonyl (C=O) groups excluding carboxylic acids is 2. The number of amides is 2. The van der Waals surface area contributed by atoms with E-state index in [4.69, 9.17) is 0 Å². The van der Waals surface area contributed by atoms with E-state index in [-0.39, 0.29) is 29.8 Å². The van der Waals surface area contributed by atoms with Crippen LogP contribution in [0.5, 0.6) is 0 Å². The zero-order valence-electron chi connectivity index (χ0n) is 13.2. The molecule has 2 rings (SSSR count). The Morgan fingerprint density at radius 3 is 2.48 bits per heavy atom. The van der Waals surface area contributed by atoms with Gasteiger partial charge in [-0.3, -0.25) is 9.59 Å². The van der Waals surface area contributed by atoms with Gasteiger partial charge in [-0.05, 0) is 31.1 Å². The van der Waals surface area contributed by atoms with Crippen molar-refractivity contribution < 1.29 is 9.59 Å². The summed E-state index contributed by atoms with van der Waals surface area (Å²) in [5.41, 5.74) is 0.111. The Kier molecular flexibility index (Phi) is 5.69. The van der Waals surface area contributed by atoms with E-state index in [1.807, 2.05) is 4.90 Å². The highest BCUT2D eigenvalue weighted by molar-refractivity contribution is 9.09. The molecule has 0 aromatic heterocycles. The predicted octanol–water partition coefficient (Wildman–Crippen LogP) is 2.80. The van der Waals surface area contributed by atoms with E-state index >= 15 is 0 Å². The fourth-order valence-corrected chi connectivity index (χ4v) is 4.66. The molecule has 21 heavy (non-hydrogen) atoms. The molecule has 120 valence electrons. The maximum Gasteiger partial charge on any atom is 0.245 e. The first-order chi connectivity index (χ1) is 10.1. The highest BCUT2D eigenvalue weighted by Crippen LogP contribution is 2.35. The summed E-state index contributed by atoms with van der Waals surface area (Å²) in [6.07, 6.45) is 6.21. The Morgan fingerprint density at radius 2 is 1.90 bits per heavy atom. The van der Waals surface area contributed by atoms with Crippen molar-refractivity contribution in [2.75, 3.05) is 25.0 Å². The molecule has 0 N–H and O–H groups in total. The van der Waals surface area contributed by atoms with Crippen molar-refractivity contribution in [3.8, 4) is 0 Å². The Balaban J connectivity index is 2.12. The van der Waals surface area contributed by atoms with Crippen LogP contribution in [0.4, 0.5) is 0 Å². The first-order valence-corrected chi connectivity index (χ1v) is 9.33. The zero-order chi connectivity index (χ0) is 15.5. The van der Waals surface area contributed by atoms with Crippen LogP contribution < -0.4 is 0 Å². The highest BCUT2D eigenvalue weighted by atomic mass is 79.9. The normalized spacial score (nSPS) is 22.9. The number of rotatable bonds is 7. The number of piperazine rings is 1. The zero-order valence-corrected chi connectivity index (χ0v) is 14.8. The summed E-state index contributed by atoms with van der Waals surface area (Å²) in [6, 6.07) is -0.178. The lowest BCUT2D eigenvalue weighted by molar-refractivity contribution is -0.155. The van der Waals surface area contributed by atoms with Gasteiger partial charge in [0.1, 0.15) is 6.04 Å². The van der Waals surface area contributed by atoms with Gasteiger partial charge in [-0.25, -0.2) is 0 Å². The number of nitrogens with zero attached hydrogens (tertiary/aromatic N) is 2. The van der Waals surface area contributed by atoms with Crippen LogP contribution in [0, 0.1) is 5.41 Å². The summed E-state index contributed by atoms with van der Waals surface area (Å²) in [5.74, 6) is 0.304. The quantitative estimate of drug-likeness (QED) is 0.656. The van der Waals surface area contributed by atoms with Crippen molar-refractivity contribution in [3.63, 3.8) is 0 Å². The molecule has 0 aromatic rings. The van der Waals surface area contributed by atoms with Gasteiger partial charge < -0.3 is 9.80 Å². The molecule has 5 heteroatoms. The molecular formula is C16H27BrN2O2. The average Bonchev–Trinajstić information content (AvgIpc) is 2.95. The Hall–Kier alpha value is -0.580. The fraction of sp³-hybridized carbons (Fsp3) is 0.875. The number of hydrogen-bond acceptors (Lipinski definition) is 2. The highest BCUT2D eigenvalue weighted by Gasteiger charge is 2.44. The van der Waals surface area contributed by atoms with E-state index in [2.05, 4.69) is 29.8 Å². The van der Waals surface area contributed by atoms with Gasteiger partial charge in [-0.1, -0.05) is 42.6 Å². The lowest BCUT2D eigenvalue weighted by Crippen LogP contribution is -2.59. The van der Waals surface area contributed by atoms with Crippen molar-refractivity contribution in [2.45, 2.75) is 58.4 Å². The molecule has 2 aliphatic rings. The topological polar surface area (TPSA) is 40.6 Å². The molecule has 0 aliphatic carbocycles. The SMILES string of the molecule is CCCC(CBr)(CCC)CN1CC(=O)N2CCCC2C1=O. The molecule has 1 unspecified atom stereocenters. The first-order valence-electron chi connectivity index (χ1n) is 8.21. The van der Waals surface area contributed by atoms with Crippen LogP contribution in [0.2, 0.25) is 0 Å². The molecule has 2 aliphatic heterocycles. The van der Waals surface area contributed by atoms with E-state index in [9.17, 15) is 9.59 Å². The van der Waals surface area contributed by atoms with Gasteiger partial charge >= 0.3 is 0 Å². The molecule has 1 atom stereocenters. The van der Waals surface area contributed by atoms with Gasteiger partial charge in [0, 0.05) is 18.4 Å². The van der Waals surface area contributed by atoms with E-state index in [1.165, 1.54) is 0 Å². The second-order valence-electron chi connectivity index (χ2n) is 6.57. The van der Waals surface area contributed by atoms with Gasteiger partial charge in [0.2, 0.25) is 11.8 Å². The molecule has 2 fully saturated rings. The summed E-state index contributed by atoms with van der Waals surface area (Å²) < 4.78 is 0. The fourth-order valence-electron chi connectivity index (χ4n) is 3.92. The van der Waals surface area contributed by atoms with Crippen molar-refractivity contribution in [1.29, 1.82) is 0 Å². The lowest BCUT2D eigenvalue weighted by Gasteiger charge is -2.42. The van der Waals surface area contributed by atoms with Crippen LogP contribution in [0.1, 0.15) is 52.4 Å². The molecule has 0 spiro atoms. The third-order valence-electron chi connectivity index (χ3n) is 4.87. The lowest BCUT2D eigenvalue weighted by atomic mass is 9.80. The smallest absolute Gasteiger partial charge is 0.245 e. The summed E-state index contributed by atoms with van der Waals surface area (Å²) in [4.78, 5) is 28.5. The largest absolute Gasteiger partial charge is 0.331 e. The van der Waals surface area contributed by atoms with Crippen LogP contribution >= 0.6 is 15.9 Å². The molecule has 2 amide bonds. The molecule has 2 heterocycles. The summed E-state index contributed by atoms with van der Waals surface area (Å²) in [5, 5.41) is 0.897. The standard InChI is InChI=1S/C16H27BrN2O2/c1-3-7-16(11-17,8-4-2)12-18-10-14(20)19-9-5-6-13(19)15(18)21/h13H,3-12H2,1-2H3. The average molecular weight is 359 g/mol. The third kappa shape index (κ3) is 3.43. The summed E-state index contributed by atoms with van der Waals surface area (Å²) >= 11 is 3.66. The van der Waals surface area contributed by atoms with Crippen molar-refractivity contribution in [3.05, 3.63) is 0 Å². The molecule has 0 bridgehead atoms. The van der Waals surface area contributed by atoms with Crippen LogP contribution in [-0.4, -0.2) is 52.6 Å². The Bertz CT molecular complexity index is 394. The maximum absolute atomic E-state index is 12.7. The molecule has 0 saturated carbocycles. The molecule has 4 nitrogen and oxygen atoms in total. The number of alkyl halides is 1. The second-order valence-corrected chi connectivity index (χ2v) is 7.13. The van der Waals surface area contributed by atoms with Crippen molar-refractivity contribution >= 4 is 27.7 Å². The minimum atomic E-state index is -0.178. The van der Waals surface area contributed by atoms with Crippen molar-refractivity contribution in [2.24, 2.45) is 5.41 Å². The van der Waals surface area contributed by atoms with Crippen LogP contribution in [0.25, 0.3) is 0 Å². The molecular weight excluding hydrogens is 332 g/mol. The third-order valence-corrected chi connectivity index (χ3v) is 6.06. The molecule has 0 aromatic carbocycles. The maximum atomic E-state index is 12.7. The monoisotopic (exact) mass is 358 g/mol. The first kappa shape index (κ1) is 16.8. The van der Waals surface area contributed by atoms with Crippen LogP contribution in [0.3, 0.4) is 0 Å². The predicted molar refractivity (Wildman–Crippen MR) is 87.4 cm³/mol. The van der Waals surface area contributed by atoms with Crippen LogP contribution in [0.15, 0.2) is 0 Å². The number of carbonyl (C=O) groups is 2. The number of halogens is 1. The van der Waals surface area contributed by atoms with E-state index in [0.29, 0.717) is 0 Å². The van der Waals surface area contributed by atoms with Gasteiger partial charge in [0.05, 0.1) is 6.54 Å². The van der Waals surface area contributed by atoms with Gasteiger partial charge in [0.15, 0.2) is 0 Å². The minimum Gasteiger partial charge on any atom is -0.331 e. The number of fused-ring (bicyclic) bond motifs is 1. The van der Waals surface area contributed by atoms with Gasteiger partial charge in [0.25, 0.3) is 0 Å². The number of hydrogen-bond donors (Lipinski definition) is 0. The van der Waals surface area contributed by atoms with Gasteiger partial charge in [-0.2, -0.15) is 0 Å². The summed E-state index contributed by atoms with van der Waals surface area (Å²) in [7, 11) is 0. The summed E-state index contributed by atoms with van der Waals surface area (Å²) in [6.45, 7) is 6.13. The Morgan fingerprint density at radius 1 is 1.24 bits per heavy atom. The molecule has 2 saturated heterocycles. The van der Waals surface area contributed by atoms with E-state index in [1.54, 1.807) is 4.90 Å². The second kappa shape index (κ2) is 7.12. The Labute approximate surface area is 136 Å². The van der Waals surface area contributed by atoms with E-state index < -0.39 is 0 Å². The molecule has 0 radical (unpaired) electrons. The van der Waals surface area contributed by atoms with Gasteiger partial charge in [-0.15, -0.1) is 0 Å². The van der Waals surface area contributed by atoms with Crippen molar-refractivity contribution in [1.82, 2.24) is 9.80 Å². The van der Waals surface area contributed by atoms with Crippen LogP contribution in [-0.2, 0) is 9.59 Å². The minimum absolute atomic E-state index is 0.111.